The van der Waals surface area contributed by atoms with Crippen molar-refractivity contribution in [2.24, 2.45) is 0 Å². The van der Waals surface area contributed by atoms with Crippen molar-refractivity contribution in [2.45, 2.75) is 19.9 Å². The van der Waals surface area contributed by atoms with Crippen molar-refractivity contribution in [3.8, 4) is 11.5 Å². The molecule has 1 N–H and O–H groups in total. The molecule has 3 rings (SSSR count). The van der Waals surface area contributed by atoms with E-state index in [0.717, 1.165) is 0 Å². The number of benzene rings is 2. The van der Waals surface area contributed by atoms with Crippen molar-refractivity contribution >= 4 is 17.4 Å². The second-order valence-corrected chi connectivity index (χ2v) is 7.73. The van der Waals surface area contributed by atoms with Gasteiger partial charge in [0.2, 0.25) is 0 Å². The van der Waals surface area contributed by atoms with Gasteiger partial charge in [0.1, 0.15) is 5.76 Å². The molecule has 0 bridgehead atoms. The molecule has 1 aliphatic rings. The Labute approximate surface area is 188 Å². The summed E-state index contributed by atoms with van der Waals surface area (Å²) in [5, 5.41) is 11.1. The lowest BCUT2D eigenvalue weighted by molar-refractivity contribution is -0.140. The Morgan fingerprint density at radius 1 is 1.00 bits per heavy atom. The van der Waals surface area contributed by atoms with Crippen LogP contribution in [0.1, 0.15) is 31.0 Å². The minimum atomic E-state index is -0.731. The lowest BCUT2D eigenvalue weighted by Crippen LogP contribution is -2.35. The standard InChI is InChI=1S/C25H30N2O5/c1-5-31-19-13-12-18(16-20(19)32-6-2)22-21(23(28)17-10-8-7-9-11-17)24(29)25(30)27(22)15-14-26(3)4/h7-13,16,22,28H,5-6,14-15H2,1-4H3/t22-/m1/s1. The smallest absolute Gasteiger partial charge is 0.295 e. The number of amides is 1. The third-order valence-corrected chi connectivity index (χ3v) is 5.26. The van der Waals surface area contributed by atoms with Crippen molar-refractivity contribution in [3.63, 3.8) is 0 Å². The number of likely N-dealkylation sites (tertiary alicyclic amines) is 1. The Balaban J connectivity index is 2.16. The summed E-state index contributed by atoms with van der Waals surface area (Å²) in [6.07, 6.45) is 0. The minimum Gasteiger partial charge on any atom is -0.507 e. The average Bonchev–Trinajstić information content (AvgIpc) is 3.04. The fraction of sp³-hybridized carbons (Fsp3) is 0.360. The topological polar surface area (TPSA) is 79.3 Å². The summed E-state index contributed by atoms with van der Waals surface area (Å²) in [6, 6.07) is 13.4. The molecule has 7 nitrogen and oxygen atoms in total. The molecule has 1 fully saturated rings. The van der Waals surface area contributed by atoms with E-state index in [0.29, 0.717) is 48.9 Å². The Morgan fingerprint density at radius 2 is 1.66 bits per heavy atom. The first kappa shape index (κ1) is 23.3. The number of hydrogen-bond acceptors (Lipinski definition) is 6. The zero-order valence-corrected chi connectivity index (χ0v) is 19.0. The number of hydrogen-bond donors (Lipinski definition) is 1. The average molecular weight is 439 g/mol. The van der Waals surface area contributed by atoms with Crippen molar-refractivity contribution in [1.82, 2.24) is 9.80 Å². The van der Waals surface area contributed by atoms with Gasteiger partial charge < -0.3 is 24.4 Å². The van der Waals surface area contributed by atoms with Crippen LogP contribution in [0.4, 0.5) is 0 Å². The predicted octanol–water partition coefficient (Wildman–Crippen LogP) is 3.47. The number of aliphatic hydroxyl groups excluding tert-OH is 1. The highest BCUT2D eigenvalue weighted by Gasteiger charge is 2.46. The maximum atomic E-state index is 13.1. The van der Waals surface area contributed by atoms with Crippen LogP contribution in [-0.2, 0) is 9.59 Å². The van der Waals surface area contributed by atoms with E-state index in [-0.39, 0.29) is 11.3 Å². The second-order valence-electron chi connectivity index (χ2n) is 7.73. The Morgan fingerprint density at radius 3 is 2.28 bits per heavy atom. The highest BCUT2D eigenvalue weighted by Crippen LogP contribution is 2.41. The summed E-state index contributed by atoms with van der Waals surface area (Å²) in [7, 11) is 3.80. The quantitative estimate of drug-likeness (QED) is 0.367. The van der Waals surface area contributed by atoms with Crippen LogP contribution in [0.15, 0.2) is 54.1 Å². The molecule has 1 heterocycles. The molecular formula is C25H30N2O5. The number of ketones is 1. The number of rotatable bonds is 9. The molecule has 0 aliphatic carbocycles. The zero-order valence-electron chi connectivity index (χ0n) is 19.0. The lowest BCUT2D eigenvalue weighted by Gasteiger charge is -2.27. The van der Waals surface area contributed by atoms with Gasteiger partial charge in [0.25, 0.3) is 11.7 Å². The molecule has 0 saturated carbocycles. The third-order valence-electron chi connectivity index (χ3n) is 5.26. The summed E-state index contributed by atoms with van der Waals surface area (Å²) < 4.78 is 11.4. The molecule has 2 aromatic carbocycles. The Hall–Kier alpha value is -3.32. The van der Waals surface area contributed by atoms with Gasteiger partial charge in [-0.1, -0.05) is 36.4 Å². The minimum absolute atomic E-state index is 0.0755. The molecule has 7 heteroatoms. The van der Waals surface area contributed by atoms with Gasteiger partial charge in [-0.2, -0.15) is 0 Å². The number of carbonyl (C=O) groups excluding carboxylic acids is 2. The summed E-state index contributed by atoms with van der Waals surface area (Å²) in [5.74, 6) is -0.382. The molecule has 1 amide bonds. The molecular weight excluding hydrogens is 408 g/mol. The normalized spacial score (nSPS) is 17.8. The maximum absolute atomic E-state index is 13.1. The van der Waals surface area contributed by atoms with Gasteiger partial charge in [0, 0.05) is 18.7 Å². The molecule has 32 heavy (non-hydrogen) atoms. The van der Waals surface area contributed by atoms with Gasteiger partial charge in [-0.3, -0.25) is 9.59 Å². The number of ether oxygens (including phenoxy) is 2. The maximum Gasteiger partial charge on any atom is 0.295 e. The first-order valence-electron chi connectivity index (χ1n) is 10.8. The van der Waals surface area contributed by atoms with Crippen molar-refractivity contribution < 1.29 is 24.2 Å². The molecule has 0 unspecified atom stereocenters. The Kier molecular flexibility index (Phi) is 7.53. The number of nitrogens with zero attached hydrogens (tertiary/aromatic N) is 2. The molecule has 0 aromatic heterocycles. The van der Waals surface area contributed by atoms with Gasteiger partial charge in [-0.05, 0) is 45.6 Å². The number of Topliss-reactive ketones (excluding diaryl/α,β-unsaturated/α-hetero) is 1. The van der Waals surface area contributed by atoms with Gasteiger partial charge in [-0.25, -0.2) is 0 Å². The van der Waals surface area contributed by atoms with Crippen molar-refractivity contribution in [1.29, 1.82) is 0 Å². The fourth-order valence-corrected chi connectivity index (χ4v) is 3.75. The molecule has 170 valence electrons. The molecule has 1 saturated heterocycles. The largest absolute Gasteiger partial charge is 0.507 e. The monoisotopic (exact) mass is 438 g/mol. The summed E-state index contributed by atoms with van der Waals surface area (Å²) in [6.45, 7) is 5.60. The highest BCUT2D eigenvalue weighted by atomic mass is 16.5. The van der Waals surface area contributed by atoms with Crippen LogP contribution in [0.2, 0.25) is 0 Å². The van der Waals surface area contributed by atoms with E-state index in [1.807, 2.05) is 45.0 Å². The fourth-order valence-electron chi connectivity index (χ4n) is 3.75. The number of likely N-dealkylation sites (N-methyl/N-ethyl adjacent to an activating group) is 1. The van der Waals surface area contributed by atoms with Crippen LogP contribution in [0.3, 0.4) is 0 Å². The van der Waals surface area contributed by atoms with Crippen LogP contribution in [0, 0.1) is 0 Å². The first-order valence-corrected chi connectivity index (χ1v) is 10.8. The van der Waals surface area contributed by atoms with Crippen LogP contribution in [0.25, 0.3) is 5.76 Å². The molecule has 1 atom stereocenters. The second kappa shape index (κ2) is 10.3. The van der Waals surface area contributed by atoms with Gasteiger partial charge in [-0.15, -0.1) is 0 Å². The van der Waals surface area contributed by atoms with E-state index >= 15 is 0 Å². The van der Waals surface area contributed by atoms with Gasteiger partial charge in [0.15, 0.2) is 11.5 Å². The first-order chi connectivity index (χ1) is 15.4. The van der Waals surface area contributed by atoms with E-state index in [2.05, 4.69) is 0 Å². The summed E-state index contributed by atoms with van der Waals surface area (Å²) >= 11 is 0. The van der Waals surface area contributed by atoms with Crippen molar-refractivity contribution in [3.05, 3.63) is 65.2 Å². The van der Waals surface area contributed by atoms with E-state index in [4.69, 9.17) is 9.47 Å². The van der Waals surface area contributed by atoms with Crippen LogP contribution < -0.4 is 9.47 Å². The molecule has 2 aromatic rings. The zero-order chi connectivity index (χ0) is 23.3. The molecule has 0 radical (unpaired) electrons. The van der Waals surface area contributed by atoms with Gasteiger partial charge >= 0.3 is 0 Å². The van der Waals surface area contributed by atoms with Crippen molar-refractivity contribution in [2.75, 3.05) is 40.4 Å². The van der Waals surface area contributed by atoms with E-state index in [1.165, 1.54) is 4.90 Å². The van der Waals surface area contributed by atoms with E-state index < -0.39 is 17.7 Å². The van der Waals surface area contributed by atoms with Crippen LogP contribution in [0.5, 0.6) is 11.5 Å². The lowest BCUT2D eigenvalue weighted by atomic mass is 9.95. The van der Waals surface area contributed by atoms with Crippen LogP contribution in [-0.4, -0.2) is 67.0 Å². The molecule has 0 spiro atoms. The Bertz CT molecular complexity index is 1000. The van der Waals surface area contributed by atoms with E-state index in [1.54, 1.807) is 36.4 Å². The molecule has 1 aliphatic heterocycles. The van der Waals surface area contributed by atoms with Crippen LogP contribution >= 0.6 is 0 Å². The highest BCUT2D eigenvalue weighted by molar-refractivity contribution is 6.46. The third kappa shape index (κ3) is 4.78. The van der Waals surface area contributed by atoms with Gasteiger partial charge in [0.05, 0.1) is 24.8 Å². The van der Waals surface area contributed by atoms with E-state index in [9.17, 15) is 14.7 Å². The number of carbonyl (C=O) groups is 2. The number of aliphatic hydroxyl groups is 1. The summed E-state index contributed by atoms with van der Waals surface area (Å²) in [4.78, 5) is 29.5. The predicted molar refractivity (Wildman–Crippen MR) is 123 cm³/mol. The SMILES string of the molecule is CCOc1ccc([C@@H]2C(=C(O)c3ccccc3)C(=O)C(=O)N2CCN(C)C)cc1OCC. The summed E-state index contributed by atoms with van der Waals surface area (Å²) in [5.41, 5.74) is 1.23.